The maximum atomic E-state index is 12.4. The number of unbranched alkanes of at least 4 members (excludes halogenated alkanes) is 8. The van der Waals surface area contributed by atoms with Crippen molar-refractivity contribution >= 4 is 19.8 Å². The van der Waals surface area contributed by atoms with Gasteiger partial charge in [-0.2, -0.15) is 0 Å². The van der Waals surface area contributed by atoms with Gasteiger partial charge in [0, 0.05) is 12.8 Å². The van der Waals surface area contributed by atoms with Crippen molar-refractivity contribution in [2.75, 3.05) is 47.5 Å². The molecule has 0 aromatic rings. The Hall–Kier alpha value is -2.03. The van der Waals surface area contributed by atoms with Crippen LogP contribution in [0.25, 0.3) is 0 Å². The molecule has 0 aromatic heterocycles. The molecule has 2 unspecified atom stereocenters. The average molecular weight is 657 g/mol. The summed E-state index contributed by atoms with van der Waals surface area (Å²) in [4.78, 5) is 33.9. The molecule has 0 aromatic carbocycles. The lowest BCUT2D eigenvalue weighted by Crippen LogP contribution is -2.37. The molecule has 0 aliphatic heterocycles. The second-order valence-corrected chi connectivity index (χ2v) is 13.6. The summed E-state index contributed by atoms with van der Waals surface area (Å²) in [5.74, 6) is -0.914. The minimum absolute atomic E-state index is 0.0264. The van der Waals surface area contributed by atoms with Crippen molar-refractivity contribution in [3.63, 3.8) is 0 Å². The Morgan fingerprint density at radius 2 is 1.24 bits per heavy atom. The molecule has 10 heteroatoms. The number of phosphoric acid groups is 1. The monoisotopic (exact) mass is 656 g/mol. The van der Waals surface area contributed by atoms with Gasteiger partial charge in [-0.15, -0.1) is 0 Å². The van der Waals surface area contributed by atoms with Crippen LogP contribution in [0.3, 0.4) is 0 Å². The first-order valence-electron chi connectivity index (χ1n) is 16.9. The molecule has 0 amide bonds. The number of nitrogens with zero attached hydrogens (tertiary/aromatic N) is 1. The van der Waals surface area contributed by atoms with E-state index in [1.807, 2.05) is 21.1 Å². The predicted octanol–water partition coefficient (Wildman–Crippen LogP) is 8.40. The third-order valence-electron chi connectivity index (χ3n) is 6.68. The zero-order valence-corrected chi connectivity index (χ0v) is 29.7. The highest BCUT2D eigenvalue weighted by Crippen LogP contribution is 2.43. The van der Waals surface area contributed by atoms with Crippen LogP contribution in [0.1, 0.15) is 110 Å². The SMILES string of the molecule is CC/C=C\C/C=C\C/C=C\C/C=C\CCCCCCCCCCC(=O)OC(COC(=O)CC)COP(=O)(O)OCC[N+](C)(C)C. The number of allylic oxidation sites excluding steroid dienone is 8. The van der Waals surface area contributed by atoms with E-state index in [0.717, 1.165) is 51.4 Å². The molecular weight excluding hydrogens is 593 g/mol. The lowest BCUT2D eigenvalue weighted by atomic mass is 10.1. The van der Waals surface area contributed by atoms with Gasteiger partial charge in [-0.1, -0.05) is 101 Å². The third-order valence-corrected chi connectivity index (χ3v) is 7.66. The van der Waals surface area contributed by atoms with Gasteiger partial charge in [-0.3, -0.25) is 18.6 Å². The van der Waals surface area contributed by atoms with Crippen LogP contribution in [0.5, 0.6) is 0 Å². The van der Waals surface area contributed by atoms with E-state index in [4.69, 9.17) is 18.5 Å². The van der Waals surface area contributed by atoms with E-state index in [1.54, 1.807) is 6.92 Å². The molecule has 1 N–H and O–H groups in total. The largest absolute Gasteiger partial charge is 0.472 e. The number of esters is 2. The summed E-state index contributed by atoms with van der Waals surface area (Å²) in [5.41, 5.74) is 0. The topological polar surface area (TPSA) is 108 Å². The molecule has 0 aliphatic carbocycles. The number of hydrogen-bond acceptors (Lipinski definition) is 7. The van der Waals surface area contributed by atoms with Crippen molar-refractivity contribution in [1.29, 1.82) is 0 Å². The number of carbonyl (C=O) groups is 2. The summed E-state index contributed by atoms with van der Waals surface area (Å²) in [6, 6.07) is 0. The molecule has 0 saturated carbocycles. The highest BCUT2D eigenvalue weighted by molar-refractivity contribution is 7.47. The van der Waals surface area contributed by atoms with E-state index in [0.29, 0.717) is 17.4 Å². The number of carbonyl (C=O) groups excluding carboxylic acids is 2. The zero-order chi connectivity index (χ0) is 33.7. The molecule has 45 heavy (non-hydrogen) atoms. The lowest BCUT2D eigenvalue weighted by molar-refractivity contribution is -0.870. The Bertz CT molecular complexity index is 923. The Balaban J connectivity index is 4.01. The van der Waals surface area contributed by atoms with Crippen molar-refractivity contribution in [1.82, 2.24) is 0 Å². The fraction of sp³-hybridized carbons (Fsp3) is 0.714. The van der Waals surface area contributed by atoms with E-state index in [-0.39, 0.29) is 26.1 Å². The van der Waals surface area contributed by atoms with Gasteiger partial charge < -0.3 is 18.9 Å². The zero-order valence-electron chi connectivity index (χ0n) is 28.8. The highest BCUT2D eigenvalue weighted by Gasteiger charge is 2.26. The number of hydrogen-bond donors (Lipinski definition) is 1. The predicted molar refractivity (Wildman–Crippen MR) is 183 cm³/mol. The summed E-state index contributed by atoms with van der Waals surface area (Å²) >= 11 is 0. The first-order chi connectivity index (χ1) is 21.5. The van der Waals surface area contributed by atoms with E-state index in [9.17, 15) is 19.0 Å². The van der Waals surface area contributed by atoms with Gasteiger partial charge in [0.2, 0.25) is 0 Å². The van der Waals surface area contributed by atoms with E-state index in [1.165, 1.54) is 25.7 Å². The Morgan fingerprint density at radius 1 is 0.711 bits per heavy atom. The summed E-state index contributed by atoms with van der Waals surface area (Å²) in [6.45, 7) is 3.67. The normalized spacial score (nSPS) is 14.5. The van der Waals surface area contributed by atoms with Crippen LogP contribution in [0.15, 0.2) is 48.6 Å². The van der Waals surface area contributed by atoms with E-state index in [2.05, 4.69) is 55.5 Å². The van der Waals surface area contributed by atoms with E-state index < -0.39 is 32.5 Å². The lowest BCUT2D eigenvalue weighted by Gasteiger charge is -2.24. The number of quaternary nitrogens is 1. The van der Waals surface area contributed by atoms with Gasteiger partial charge in [0.15, 0.2) is 6.10 Å². The molecule has 0 saturated heterocycles. The van der Waals surface area contributed by atoms with Crippen LogP contribution in [-0.2, 0) is 32.7 Å². The van der Waals surface area contributed by atoms with Crippen molar-refractivity contribution in [3.05, 3.63) is 48.6 Å². The fourth-order valence-corrected chi connectivity index (χ4v) is 4.72. The average Bonchev–Trinajstić information content (AvgIpc) is 2.98. The molecule has 260 valence electrons. The summed E-state index contributed by atoms with van der Waals surface area (Å²) in [7, 11) is 1.45. The Morgan fingerprint density at radius 3 is 1.80 bits per heavy atom. The number of phosphoric ester groups is 1. The molecule has 0 aliphatic rings. The molecule has 9 nitrogen and oxygen atoms in total. The summed E-state index contributed by atoms with van der Waals surface area (Å²) in [5, 5.41) is 0. The van der Waals surface area contributed by atoms with Crippen LogP contribution < -0.4 is 0 Å². The third kappa shape index (κ3) is 31.7. The van der Waals surface area contributed by atoms with Gasteiger partial charge in [0.1, 0.15) is 19.8 Å². The Kier molecular flexibility index (Phi) is 26.9. The summed E-state index contributed by atoms with van der Waals surface area (Å²) in [6.07, 6.45) is 31.1. The second kappa shape index (κ2) is 28.2. The van der Waals surface area contributed by atoms with Gasteiger partial charge in [0.25, 0.3) is 0 Å². The number of rotatable bonds is 29. The minimum Gasteiger partial charge on any atom is -0.462 e. The maximum absolute atomic E-state index is 12.4. The van der Waals surface area contributed by atoms with Crippen LogP contribution >= 0.6 is 7.82 Å². The number of likely N-dealkylation sites (N-methyl/N-ethyl adjacent to an activating group) is 1. The van der Waals surface area contributed by atoms with Crippen molar-refractivity contribution in [3.8, 4) is 0 Å². The molecule has 0 bridgehead atoms. The second-order valence-electron chi connectivity index (χ2n) is 12.1. The van der Waals surface area contributed by atoms with E-state index >= 15 is 0 Å². The highest BCUT2D eigenvalue weighted by atomic mass is 31.2. The van der Waals surface area contributed by atoms with Gasteiger partial charge in [-0.05, 0) is 44.9 Å². The standard InChI is InChI=1S/C35H62NO8P/c1-6-8-9-10-11-12-13-14-15-16-17-18-19-20-21-22-23-24-25-26-27-28-35(38)44-33(31-41-34(37)7-2)32-43-45(39,40)42-30-29-36(3,4)5/h8-9,11-12,14-15,17-18,33H,6-7,10,13,16,19-32H2,1-5H3/p+1/b9-8-,12-11-,15-14-,18-17-. The smallest absolute Gasteiger partial charge is 0.462 e. The van der Waals surface area contributed by atoms with Gasteiger partial charge in [0.05, 0.1) is 27.7 Å². The number of ether oxygens (including phenoxy) is 2. The molecule has 0 fully saturated rings. The Labute approximate surface area is 273 Å². The molecule has 0 heterocycles. The molecule has 0 radical (unpaired) electrons. The fourth-order valence-electron chi connectivity index (χ4n) is 3.98. The first kappa shape index (κ1) is 43.0. The van der Waals surface area contributed by atoms with Gasteiger partial charge >= 0.3 is 19.8 Å². The molecule has 2 atom stereocenters. The molecule has 0 rings (SSSR count). The van der Waals surface area contributed by atoms with Crippen molar-refractivity contribution in [2.24, 2.45) is 0 Å². The molecule has 0 spiro atoms. The van der Waals surface area contributed by atoms with Crippen molar-refractivity contribution < 1.29 is 42.1 Å². The van der Waals surface area contributed by atoms with Crippen LogP contribution in [0.2, 0.25) is 0 Å². The maximum Gasteiger partial charge on any atom is 0.472 e. The van der Waals surface area contributed by atoms with Crippen LogP contribution in [0, 0.1) is 0 Å². The van der Waals surface area contributed by atoms with Gasteiger partial charge in [-0.25, -0.2) is 4.57 Å². The summed E-state index contributed by atoms with van der Waals surface area (Å²) < 4.78 is 33.3. The first-order valence-corrected chi connectivity index (χ1v) is 18.4. The van der Waals surface area contributed by atoms with Crippen molar-refractivity contribution in [2.45, 2.75) is 116 Å². The molecular formula is C35H63NO8P+. The van der Waals surface area contributed by atoms with Crippen LogP contribution in [0.4, 0.5) is 0 Å². The quantitative estimate of drug-likeness (QED) is 0.0281. The minimum atomic E-state index is -4.34. The van der Waals surface area contributed by atoms with Crippen LogP contribution in [-0.4, -0.2) is 74.9 Å².